The van der Waals surface area contributed by atoms with Crippen molar-refractivity contribution in [2.75, 3.05) is 7.11 Å². The summed E-state index contributed by atoms with van der Waals surface area (Å²) in [5, 5.41) is 0. The number of hydrogen-bond acceptors (Lipinski definition) is 5. The van der Waals surface area contributed by atoms with Crippen molar-refractivity contribution in [3.8, 4) is 0 Å². The number of methoxy groups -OCH3 is 1. The van der Waals surface area contributed by atoms with Gasteiger partial charge in [-0.15, -0.1) is 0 Å². The van der Waals surface area contributed by atoms with E-state index in [4.69, 9.17) is 9.47 Å². The number of carbonyl (C=O) groups is 2. The summed E-state index contributed by atoms with van der Waals surface area (Å²) in [4.78, 5) is 30.2. The van der Waals surface area contributed by atoms with Crippen molar-refractivity contribution >= 4 is 18.0 Å². The lowest BCUT2D eigenvalue weighted by Crippen LogP contribution is -2.37. The van der Waals surface area contributed by atoms with Crippen LogP contribution in [0.5, 0.6) is 0 Å². The minimum absolute atomic E-state index is 0.0769. The molecule has 6 nitrogen and oxygen atoms in total. The van der Waals surface area contributed by atoms with Crippen LogP contribution in [0.2, 0.25) is 0 Å². The Balaban J connectivity index is 1.83. The van der Waals surface area contributed by atoms with Gasteiger partial charge in [0.15, 0.2) is 0 Å². The number of aliphatic imine (C=N–C) groups is 1. The van der Waals surface area contributed by atoms with Gasteiger partial charge in [-0.2, -0.15) is 0 Å². The highest BCUT2D eigenvalue weighted by molar-refractivity contribution is 5.99. The van der Waals surface area contributed by atoms with E-state index in [-0.39, 0.29) is 12.4 Å². The van der Waals surface area contributed by atoms with Crippen molar-refractivity contribution in [1.82, 2.24) is 4.90 Å². The molecule has 0 spiro atoms. The Labute approximate surface area is 152 Å². The van der Waals surface area contributed by atoms with Gasteiger partial charge >= 0.3 is 11.9 Å². The molecule has 6 heteroatoms. The van der Waals surface area contributed by atoms with E-state index in [0.717, 1.165) is 11.1 Å². The maximum Gasteiger partial charge on any atom is 0.337 e. The van der Waals surface area contributed by atoms with E-state index in [1.165, 1.54) is 7.11 Å². The predicted molar refractivity (Wildman–Crippen MR) is 96.1 cm³/mol. The van der Waals surface area contributed by atoms with Gasteiger partial charge in [-0.25, -0.2) is 9.79 Å². The van der Waals surface area contributed by atoms with Gasteiger partial charge in [-0.3, -0.25) is 4.79 Å². The minimum Gasteiger partial charge on any atom is -0.469 e. The molecule has 2 aromatic carbocycles. The Morgan fingerprint density at radius 1 is 1.08 bits per heavy atom. The fraction of sp³-hybridized carbons (Fsp3) is 0.250. The predicted octanol–water partition coefficient (Wildman–Crippen LogP) is 2.53. The van der Waals surface area contributed by atoms with Crippen LogP contribution in [0.4, 0.5) is 0 Å². The van der Waals surface area contributed by atoms with Crippen LogP contribution in [-0.4, -0.2) is 36.0 Å². The number of cyclic esters (lactones) is 1. The Morgan fingerprint density at radius 2 is 1.69 bits per heavy atom. The molecule has 1 saturated heterocycles. The lowest BCUT2D eigenvalue weighted by Gasteiger charge is -2.21. The van der Waals surface area contributed by atoms with E-state index in [0.29, 0.717) is 13.1 Å². The van der Waals surface area contributed by atoms with Crippen LogP contribution < -0.4 is 0 Å². The molecule has 0 aromatic heterocycles. The summed E-state index contributed by atoms with van der Waals surface area (Å²) >= 11 is 0. The van der Waals surface area contributed by atoms with E-state index in [2.05, 4.69) is 4.99 Å². The first kappa shape index (κ1) is 17.7. The summed E-state index contributed by atoms with van der Waals surface area (Å²) in [5.41, 5.74) is 2.00. The maximum absolute atomic E-state index is 12.3. The number of amidine groups is 1. The number of benzene rings is 2. The van der Waals surface area contributed by atoms with Crippen molar-refractivity contribution in [3.63, 3.8) is 0 Å². The molecule has 0 N–H and O–H groups in total. The third kappa shape index (κ3) is 4.27. The van der Waals surface area contributed by atoms with Crippen LogP contribution >= 0.6 is 0 Å². The molecule has 3 rings (SSSR count). The number of rotatable bonds is 6. The molecule has 0 saturated carbocycles. The minimum atomic E-state index is -0.739. The van der Waals surface area contributed by atoms with Crippen molar-refractivity contribution < 1.29 is 19.1 Å². The second-order valence-electron chi connectivity index (χ2n) is 5.92. The largest absolute Gasteiger partial charge is 0.469 e. The molecule has 0 radical (unpaired) electrons. The quantitative estimate of drug-likeness (QED) is 0.748. The molecule has 134 valence electrons. The monoisotopic (exact) mass is 352 g/mol. The number of ether oxygens (including phenoxy) is 2. The highest BCUT2D eigenvalue weighted by Gasteiger charge is 2.41. The Bertz CT molecular complexity index is 790. The maximum atomic E-state index is 12.3. The number of carbonyl (C=O) groups excluding carboxylic acids is 2. The van der Waals surface area contributed by atoms with Gasteiger partial charge in [0, 0.05) is 6.54 Å². The van der Waals surface area contributed by atoms with Crippen molar-refractivity contribution in [3.05, 3.63) is 71.8 Å². The smallest absolute Gasteiger partial charge is 0.337 e. The molecule has 1 unspecified atom stereocenters. The van der Waals surface area contributed by atoms with Gasteiger partial charge in [-0.05, 0) is 11.1 Å². The van der Waals surface area contributed by atoms with E-state index in [1.807, 2.05) is 60.7 Å². The Kier molecular flexibility index (Phi) is 5.63. The van der Waals surface area contributed by atoms with Crippen molar-refractivity contribution in [2.45, 2.75) is 25.6 Å². The standard InChI is InChI=1S/C20H20N2O4/c1-25-18(23)12-17-19(24)26-20(21-13-15-8-4-2-5-9-15)22(17)14-16-10-6-3-7-11-16/h2-11,17H,12-14H2,1H3. The van der Waals surface area contributed by atoms with Crippen LogP contribution in [-0.2, 0) is 32.2 Å². The average Bonchev–Trinajstić information content (AvgIpc) is 2.96. The summed E-state index contributed by atoms with van der Waals surface area (Å²) < 4.78 is 10.1. The number of nitrogens with zero attached hydrogens (tertiary/aromatic N) is 2. The van der Waals surface area contributed by atoms with Gasteiger partial charge < -0.3 is 14.4 Å². The van der Waals surface area contributed by atoms with E-state index in [1.54, 1.807) is 4.90 Å². The molecule has 1 atom stereocenters. The zero-order chi connectivity index (χ0) is 18.4. The Hall–Kier alpha value is -3.15. The molecule has 1 aliphatic rings. The molecule has 1 heterocycles. The molecule has 0 bridgehead atoms. The normalized spacial score (nSPS) is 18.0. The Morgan fingerprint density at radius 3 is 2.31 bits per heavy atom. The van der Waals surface area contributed by atoms with E-state index >= 15 is 0 Å². The van der Waals surface area contributed by atoms with Crippen LogP contribution in [0, 0.1) is 0 Å². The van der Waals surface area contributed by atoms with Gasteiger partial charge in [0.2, 0.25) is 0 Å². The third-order valence-electron chi connectivity index (χ3n) is 4.11. The summed E-state index contributed by atoms with van der Waals surface area (Å²) in [6.45, 7) is 0.807. The second-order valence-corrected chi connectivity index (χ2v) is 5.92. The van der Waals surface area contributed by atoms with Crippen LogP contribution in [0.1, 0.15) is 17.5 Å². The first-order chi connectivity index (χ1) is 12.7. The molecule has 1 aliphatic heterocycles. The van der Waals surface area contributed by atoms with Crippen molar-refractivity contribution in [2.24, 2.45) is 4.99 Å². The molecule has 1 fully saturated rings. The van der Waals surface area contributed by atoms with Gasteiger partial charge in [0.05, 0.1) is 20.1 Å². The van der Waals surface area contributed by atoms with E-state index < -0.39 is 18.0 Å². The second kappa shape index (κ2) is 8.29. The SMILES string of the molecule is COC(=O)CC1C(=O)OC(=NCc2ccccc2)N1Cc1ccccc1. The molecule has 26 heavy (non-hydrogen) atoms. The number of esters is 2. The summed E-state index contributed by atoms with van der Waals surface area (Å²) in [6, 6.07) is 18.9. The zero-order valence-electron chi connectivity index (χ0n) is 14.5. The fourth-order valence-electron chi connectivity index (χ4n) is 2.74. The average molecular weight is 352 g/mol. The first-order valence-electron chi connectivity index (χ1n) is 8.35. The molecule has 0 aliphatic carbocycles. The first-order valence-corrected chi connectivity index (χ1v) is 8.35. The fourth-order valence-corrected chi connectivity index (χ4v) is 2.74. The van der Waals surface area contributed by atoms with E-state index in [9.17, 15) is 9.59 Å². The highest BCUT2D eigenvalue weighted by Crippen LogP contribution is 2.21. The number of hydrogen-bond donors (Lipinski definition) is 0. The topological polar surface area (TPSA) is 68.2 Å². The third-order valence-corrected chi connectivity index (χ3v) is 4.11. The van der Waals surface area contributed by atoms with Crippen molar-refractivity contribution in [1.29, 1.82) is 0 Å². The van der Waals surface area contributed by atoms with Gasteiger partial charge in [0.25, 0.3) is 6.02 Å². The summed E-state index contributed by atoms with van der Waals surface area (Å²) in [5.74, 6) is -0.951. The lowest BCUT2D eigenvalue weighted by atomic mass is 10.1. The summed E-state index contributed by atoms with van der Waals surface area (Å²) in [6.07, 6.45) is -0.0769. The summed E-state index contributed by atoms with van der Waals surface area (Å²) in [7, 11) is 1.30. The molecule has 0 amide bonds. The highest BCUT2D eigenvalue weighted by atomic mass is 16.6. The van der Waals surface area contributed by atoms with Crippen LogP contribution in [0.15, 0.2) is 65.7 Å². The lowest BCUT2D eigenvalue weighted by molar-refractivity contribution is -0.146. The molecule has 2 aromatic rings. The van der Waals surface area contributed by atoms with Crippen LogP contribution in [0.25, 0.3) is 0 Å². The van der Waals surface area contributed by atoms with Gasteiger partial charge in [-0.1, -0.05) is 60.7 Å². The van der Waals surface area contributed by atoms with Crippen LogP contribution in [0.3, 0.4) is 0 Å². The zero-order valence-corrected chi connectivity index (χ0v) is 14.5. The van der Waals surface area contributed by atoms with Gasteiger partial charge in [0.1, 0.15) is 6.04 Å². The molecular weight excluding hydrogens is 332 g/mol. The molecular formula is C20H20N2O4.